The standard InChI is InChI=1S/C26H34F3N7O4/c1-25(2,3)40-24(38)36-13-11-35(12-14-36)21(37)9-6-10-31-22-19(15-30)17-33-23(34-22)32-16-18-7-4-5-8-20(18)39-26(27,28)29/h4-5,7-8,17,21,37H,6,9-14,16H2,1-3H3,(H2,31,32,33,34). The zero-order chi connectivity index (χ0) is 29.3. The van der Waals surface area contributed by atoms with Gasteiger partial charge in [-0.25, -0.2) is 9.78 Å². The number of rotatable bonds is 10. The van der Waals surface area contributed by atoms with Crippen LogP contribution in [0, 0.1) is 11.3 Å². The van der Waals surface area contributed by atoms with Crippen molar-refractivity contribution in [2.45, 2.75) is 58.3 Å². The topological polar surface area (TPSA) is 136 Å². The molecule has 1 saturated heterocycles. The van der Waals surface area contributed by atoms with Crippen molar-refractivity contribution in [1.29, 1.82) is 5.26 Å². The Kier molecular flexibility index (Phi) is 10.4. The summed E-state index contributed by atoms with van der Waals surface area (Å²) >= 11 is 0. The molecule has 0 spiro atoms. The van der Waals surface area contributed by atoms with Gasteiger partial charge in [0.1, 0.15) is 35.0 Å². The third-order valence-corrected chi connectivity index (χ3v) is 5.86. The molecule has 1 fully saturated rings. The van der Waals surface area contributed by atoms with E-state index >= 15 is 0 Å². The number of aliphatic hydroxyl groups excluding tert-OH is 1. The Morgan fingerprint density at radius 1 is 1.18 bits per heavy atom. The lowest BCUT2D eigenvalue weighted by Crippen LogP contribution is -2.52. The molecule has 14 heteroatoms. The Balaban J connectivity index is 1.47. The van der Waals surface area contributed by atoms with Gasteiger partial charge in [-0.15, -0.1) is 13.2 Å². The number of nitriles is 1. The van der Waals surface area contributed by atoms with E-state index in [2.05, 4.69) is 25.3 Å². The molecule has 3 N–H and O–H groups in total. The number of ether oxygens (including phenoxy) is 2. The molecule has 0 saturated carbocycles. The van der Waals surface area contributed by atoms with Crippen LogP contribution in [0.15, 0.2) is 30.5 Å². The highest BCUT2D eigenvalue weighted by atomic mass is 19.4. The largest absolute Gasteiger partial charge is 0.573 e. The first-order valence-electron chi connectivity index (χ1n) is 12.8. The summed E-state index contributed by atoms with van der Waals surface area (Å²) < 4.78 is 47.5. The minimum absolute atomic E-state index is 0.0367. The second kappa shape index (κ2) is 13.5. The Labute approximate surface area is 230 Å². The van der Waals surface area contributed by atoms with Gasteiger partial charge < -0.3 is 30.1 Å². The number of anilines is 2. The number of para-hydroxylation sites is 1. The molecule has 1 aromatic carbocycles. The molecular formula is C26H34F3N7O4. The Morgan fingerprint density at radius 3 is 2.52 bits per heavy atom. The predicted molar refractivity (Wildman–Crippen MR) is 140 cm³/mol. The quantitative estimate of drug-likeness (QED) is 0.364. The van der Waals surface area contributed by atoms with Crippen molar-refractivity contribution in [2.75, 3.05) is 43.4 Å². The number of halogens is 3. The smallest absolute Gasteiger partial charge is 0.444 e. The van der Waals surface area contributed by atoms with E-state index < -0.39 is 18.2 Å². The number of amides is 1. The summed E-state index contributed by atoms with van der Waals surface area (Å²) in [6, 6.07) is 7.72. The fraction of sp³-hybridized carbons (Fsp3) is 0.538. The molecule has 1 aliphatic rings. The molecule has 0 aliphatic carbocycles. The number of carbonyl (C=O) groups excluding carboxylic acids is 1. The summed E-state index contributed by atoms with van der Waals surface area (Å²) in [6.07, 6.45) is -3.55. The SMILES string of the molecule is CC(C)(C)OC(=O)N1CCN(C(O)CCCNc2nc(NCc3ccccc3OC(F)(F)F)ncc2C#N)CC1. The van der Waals surface area contributed by atoms with E-state index in [4.69, 9.17) is 4.74 Å². The van der Waals surface area contributed by atoms with Crippen molar-refractivity contribution in [3.8, 4) is 11.8 Å². The summed E-state index contributed by atoms with van der Waals surface area (Å²) in [5, 5.41) is 25.9. The fourth-order valence-corrected chi connectivity index (χ4v) is 3.93. The zero-order valence-corrected chi connectivity index (χ0v) is 22.7. The van der Waals surface area contributed by atoms with E-state index in [0.29, 0.717) is 45.6 Å². The second-order valence-electron chi connectivity index (χ2n) is 10.1. The number of nitrogens with zero attached hydrogens (tertiary/aromatic N) is 5. The Morgan fingerprint density at radius 2 is 1.88 bits per heavy atom. The third-order valence-electron chi connectivity index (χ3n) is 5.86. The van der Waals surface area contributed by atoms with Crippen LogP contribution in [0.1, 0.15) is 44.7 Å². The highest BCUT2D eigenvalue weighted by Gasteiger charge is 2.32. The van der Waals surface area contributed by atoms with Gasteiger partial charge in [0.15, 0.2) is 0 Å². The number of aliphatic hydroxyl groups is 1. The molecule has 1 aliphatic heterocycles. The normalized spacial score (nSPS) is 15.2. The van der Waals surface area contributed by atoms with Gasteiger partial charge in [-0.05, 0) is 39.7 Å². The van der Waals surface area contributed by atoms with E-state index in [-0.39, 0.29) is 41.3 Å². The van der Waals surface area contributed by atoms with Crippen molar-refractivity contribution in [1.82, 2.24) is 19.8 Å². The van der Waals surface area contributed by atoms with Gasteiger partial charge in [0, 0.05) is 44.8 Å². The van der Waals surface area contributed by atoms with E-state index in [1.54, 1.807) is 11.0 Å². The minimum Gasteiger partial charge on any atom is -0.444 e. The molecule has 2 heterocycles. The van der Waals surface area contributed by atoms with Crippen LogP contribution in [0.5, 0.6) is 5.75 Å². The molecule has 1 aromatic heterocycles. The number of hydrogen-bond donors (Lipinski definition) is 3. The number of benzene rings is 1. The van der Waals surface area contributed by atoms with Crippen molar-refractivity contribution >= 4 is 17.9 Å². The molecule has 1 unspecified atom stereocenters. The second-order valence-corrected chi connectivity index (χ2v) is 10.1. The molecule has 40 heavy (non-hydrogen) atoms. The number of nitrogens with one attached hydrogen (secondary N) is 2. The van der Waals surface area contributed by atoms with Crippen LogP contribution in [0.3, 0.4) is 0 Å². The van der Waals surface area contributed by atoms with Crippen LogP contribution in [0.25, 0.3) is 0 Å². The summed E-state index contributed by atoms with van der Waals surface area (Å²) in [5.74, 6) is 0.0470. The first kappa shape index (κ1) is 30.7. The Bertz CT molecular complexity index is 1180. The lowest BCUT2D eigenvalue weighted by atomic mass is 10.2. The number of hydrogen-bond acceptors (Lipinski definition) is 10. The molecule has 1 amide bonds. The molecule has 0 radical (unpaired) electrons. The summed E-state index contributed by atoms with van der Waals surface area (Å²) in [6.45, 7) is 7.76. The number of aromatic nitrogens is 2. The van der Waals surface area contributed by atoms with Crippen molar-refractivity contribution < 1.29 is 32.5 Å². The van der Waals surface area contributed by atoms with Gasteiger partial charge in [0.2, 0.25) is 5.95 Å². The maximum atomic E-state index is 12.7. The van der Waals surface area contributed by atoms with Crippen molar-refractivity contribution in [2.24, 2.45) is 0 Å². The first-order chi connectivity index (χ1) is 18.8. The summed E-state index contributed by atoms with van der Waals surface area (Å²) in [7, 11) is 0. The van der Waals surface area contributed by atoms with Gasteiger partial charge in [0.25, 0.3) is 0 Å². The monoisotopic (exact) mass is 565 g/mol. The van der Waals surface area contributed by atoms with E-state index in [9.17, 15) is 28.3 Å². The third kappa shape index (κ3) is 9.73. The maximum Gasteiger partial charge on any atom is 0.573 e. The zero-order valence-electron chi connectivity index (χ0n) is 22.7. The lowest BCUT2D eigenvalue weighted by Gasteiger charge is -2.37. The van der Waals surface area contributed by atoms with Crippen LogP contribution in [-0.2, 0) is 11.3 Å². The first-order valence-corrected chi connectivity index (χ1v) is 12.8. The van der Waals surface area contributed by atoms with Crippen molar-refractivity contribution in [3.63, 3.8) is 0 Å². The van der Waals surface area contributed by atoms with Gasteiger partial charge in [0.05, 0.1) is 6.20 Å². The number of piperazine rings is 1. The average Bonchev–Trinajstić information content (AvgIpc) is 2.89. The van der Waals surface area contributed by atoms with E-state index in [1.807, 2.05) is 31.7 Å². The van der Waals surface area contributed by atoms with Crippen molar-refractivity contribution in [3.05, 3.63) is 41.6 Å². The van der Waals surface area contributed by atoms with E-state index in [0.717, 1.165) is 0 Å². The lowest BCUT2D eigenvalue weighted by molar-refractivity contribution is -0.274. The van der Waals surface area contributed by atoms with Crippen LogP contribution in [0.4, 0.5) is 29.7 Å². The molecular weight excluding hydrogens is 531 g/mol. The minimum atomic E-state index is -4.82. The molecule has 218 valence electrons. The van der Waals surface area contributed by atoms with Gasteiger partial charge in [-0.1, -0.05) is 18.2 Å². The van der Waals surface area contributed by atoms with Crippen LogP contribution >= 0.6 is 0 Å². The number of carbonyl (C=O) groups is 1. The summed E-state index contributed by atoms with van der Waals surface area (Å²) in [4.78, 5) is 24.1. The average molecular weight is 566 g/mol. The van der Waals surface area contributed by atoms with Crippen LogP contribution in [0.2, 0.25) is 0 Å². The van der Waals surface area contributed by atoms with Gasteiger partial charge in [-0.2, -0.15) is 10.2 Å². The predicted octanol–water partition coefficient (Wildman–Crippen LogP) is 3.92. The summed E-state index contributed by atoms with van der Waals surface area (Å²) in [5.41, 5.74) is -0.114. The molecule has 0 bridgehead atoms. The number of alkyl halides is 3. The maximum absolute atomic E-state index is 12.7. The molecule has 11 nitrogen and oxygen atoms in total. The van der Waals surface area contributed by atoms with Gasteiger partial charge >= 0.3 is 12.5 Å². The fourth-order valence-electron chi connectivity index (χ4n) is 3.93. The van der Waals surface area contributed by atoms with E-state index in [1.165, 1.54) is 24.4 Å². The van der Waals surface area contributed by atoms with Crippen LogP contribution in [-0.4, -0.2) is 81.9 Å². The Hall–Kier alpha value is -3.83. The molecule has 3 rings (SSSR count). The molecule has 1 atom stereocenters. The highest BCUT2D eigenvalue weighted by molar-refractivity contribution is 5.68. The molecule has 2 aromatic rings. The van der Waals surface area contributed by atoms with Crippen LogP contribution < -0.4 is 15.4 Å². The highest BCUT2D eigenvalue weighted by Crippen LogP contribution is 2.27. The van der Waals surface area contributed by atoms with Gasteiger partial charge in [-0.3, -0.25) is 4.90 Å².